The summed E-state index contributed by atoms with van der Waals surface area (Å²) in [6.07, 6.45) is 9.00. The van der Waals surface area contributed by atoms with Gasteiger partial charge < -0.3 is 10.2 Å². The molecule has 0 bridgehead atoms. The third-order valence-corrected chi connectivity index (χ3v) is 9.24. The number of rotatable bonds is 2. The van der Waals surface area contributed by atoms with E-state index in [0.717, 1.165) is 44.9 Å². The number of carbonyl (C=O) groups excluding carboxylic acids is 1. The molecule has 2 N–H and O–H groups in total. The minimum Gasteiger partial charge on any atom is -0.480 e. The molecule has 3 unspecified atom stereocenters. The third kappa shape index (κ3) is 2.05. The average Bonchev–Trinajstić information content (AvgIpc) is 2.89. The number of carbonyl (C=O) groups is 2. The maximum absolute atomic E-state index is 12.5. The molecule has 4 nitrogen and oxygen atoms in total. The van der Waals surface area contributed by atoms with Gasteiger partial charge in [0.2, 0.25) is 0 Å². The Labute approximate surface area is 156 Å². The topological polar surface area (TPSA) is 74.6 Å². The molecule has 0 heterocycles. The van der Waals surface area contributed by atoms with Crippen LogP contribution in [0.25, 0.3) is 0 Å². The molecule has 7 atom stereocenters. The number of hydrogen-bond donors (Lipinski definition) is 2. The maximum Gasteiger partial charge on any atom is 0.317 e. The van der Waals surface area contributed by atoms with Gasteiger partial charge in [-0.3, -0.25) is 9.59 Å². The van der Waals surface area contributed by atoms with E-state index in [9.17, 15) is 19.8 Å². The van der Waals surface area contributed by atoms with E-state index in [1.54, 1.807) is 0 Å². The van der Waals surface area contributed by atoms with Gasteiger partial charge in [0.15, 0.2) is 0 Å². The first kappa shape index (κ1) is 18.2. The van der Waals surface area contributed by atoms with E-state index in [2.05, 4.69) is 19.9 Å². The highest BCUT2D eigenvalue weighted by Gasteiger charge is 2.68. The molecule has 3 fully saturated rings. The summed E-state index contributed by atoms with van der Waals surface area (Å²) in [6.45, 7) is 5.94. The zero-order valence-corrected chi connectivity index (χ0v) is 16.3. The maximum atomic E-state index is 12.5. The Morgan fingerprint density at radius 3 is 2.42 bits per heavy atom. The lowest BCUT2D eigenvalue weighted by Gasteiger charge is -2.58. The van der Waals surface area contributed by atoms with E-state index in [1.165, 1.54) is 12.5 Å². The first-order chi connectivity index (χ1) is 12.2. The molecule has 26 heavy (non-hydrogen) atoms. The number of carboxylic acid groups (broad SMARTS) is 1. The molecule has 0 aromatic heterocycles. The molecular formula is C22H32O4. The van der Waals surface area contributed by atoms with Crippen molar-refractivity contribution in [2.75, 3.05) is 0 Å². The van der Waals surface area contributed by atoms with Crippen molar-refractivity contribution in [3.8, 4) is 0 Å². The molecule has 0 aromatic carbocycles. The summed E-state index contributed by atoms with van der Waals surface area (Å²) in [6, 6.07) is 0. The fourth-order valence-corrected chi connectivity index (χ4v) is 7.76. The van der Waals surface area contributed by atoms with Crippen molar-refractivity contribution in [2.24, 2.45) is 34.0 Å². The van der Waals surface area contributed by atoms with Gasteiger partial charge >= 0.3 is 5.97 Å². The molecule has 4 heteroatoms. The molecule has 0 aliphatic heterocycles. The molecule has 0 saturated heterocycles. The molecule has 0 spiro atoms. The molecule has 3 saturated carbocycles. The average molecular weight is 360 g/mol. The molecule has 0 amide bonds. The third-order valence-electron chi connectivity index (χ3n) is 9.24. The minimum absolute atomic E-state index is 0.147. The van der Waals surface area contributed by atoms with Crippen LogP contribution in [-0.2, 0) is 9.59 Å². The largest absolute Gasteiger partial charge is 0.480 e. The highest BCUT2D eigenvalue weighted by Crippen LogP contribution is 2.69. The fourth-order valence-electron chi connectivity index (χ4n) is 7.76. The van der Waals surface area contributed by atoms with Crippen LogP contribution >= 0.6 is 0 Å². The van der Waals surface area contributed by atoms with Gasteiger partial charge in [0.1, 0.15) is 11.2 Å². The SMILES string of the molecule is CC(=O)[C@]1(C(=O)O)CCC2C3CC=C4C[C@@H](O)CC[C@]4(C)C3CC[C@@]21C. The van der Waals surface area contributed by atoms with Crippen molar-refractivity contribution in [3.63, 3.8) is 0 Å². The number of hydrogen-bond acceptors (Lipinski definition) is 3. The van der Waals surface area contributed by atoms with Crippen LogP contribution in [0.4, 0.5) is 0 Å². The minimum atomic E-state index is -1.20. The Morgan fingerprint density at radius 1 is 1.08 bits per heavy atom. The monoisotopic (exact) mass is 360 g/mol. The van der Waals surface area contributed by atoms with Gasteiger partial charge in [0.25, 0.3) is 0 Å². The second kappa shape index (κ2) is 5.67. The van der Waals surface area contributed by atoms with Crippen molar-refractivity contribution < 1.29 is 19.8 Å². The van der Waals surface area contributed by atoms with E-state index in [0.29, 0.717) is 24.2 Å². The number of Topliss-reactive ketones (excluding diaryl/α,β-unsaturated/α-hetero) is 1. The van der Waals surface area contributed by atoms with Gasteiger partial charge in [-0.2, -0.15) is 0 Å². The van der Waals surface area contributed by atoms with Gasteiger partial charge in [-0.25, -0.2) is 0 Å². The van der Waals surface area contributed by atoms with Crippen molar-refractivity contribution in [3.05, 3.63) is 11.6 Å². The van der Waals surface area contributed by atoms with Crippen molar-refractivity contribution >= 4 is 11.8 Å². The summed E-state index contributed by atoms with van der Waals surface area (Å²) < 4.78 is 0. The number of aliphatic carboxylic acids is 1. The summed E-state index contributed by atoms with van der Waals surface area (Å²) in [5, 5.41) is 20.1. The zero-order valence-electron chi connectivity index (χ0n) is 16.3. The molecule has 0 aromatic rings. The molecule has 144 valence electrons. The Kier molecular flexibility index (Phi) is 3.97. The Balaban J connectivity index is 1.72. The van der Waals surface area contributed by atoms with E-state index in [4.69, 9.17) is 0 Å². The lowest BCUT2D eigenvalue weighted by atomic mass is 9.45. The summed E-state index contributed by atoms with van der Waals surface area (Å²) in [4.78, 5) is 24.8. The number of aliphatic hydroxyl groups is 1. The van der Waals surface area contributed by atoms with E-state index in [1.807, 2.05) is 0 Å². The van der Waals surface area contributed by atoms with Gasteiger partial charge in [-0.05, 0) is 86.9 Å². The van der Waals surface area contributed by atoms with E-state index < -0.39 is 16.8 Å². The lowest BCUT2D eigenvalue weighted by Crippen LogP contribution is -2.56. The van der Waals surface area contributed by atoms with Crippen LogP contribution in [0.2, 0.25) is 0 Å². The summed E-state index contributed by atoms with van der Waals surface area (Å²) in [7, 11) is 0. The molecule has 0 radical (unpaired) electrons. The van der Waals surface area contributed by atoms with Gasteiger partial charge in [0.05, 0.1) is 6.10 Å². The lowest BCUT2D eigenvalue weighted by molar-refractivity contribution is -0.168. The molecule has 4 aliphatic rings. The van der Waals surface area contributed by atoms with Crippen molar-refractivity contribution in [1.29, 1.82) is 0 Å². The standard InChI is InChI=1S/C22H32O4/c1-13(23)22(19(25)26)11-8-18-16-5-4-14-12-15(24)6-9-20(14,2)17(16)7-10-21(18,22)3/h4,15-18,24H,5-12H2,1-3H3,(H,25,26)/t15-,16?,17?,18?,20-,21-,22-/m0/s1. The first-order valence-electron chi connectivity index (χ1n) is 10.3. The van der Waals surface area contributed by atoms with Crippen LogP contribution in [0.15, 0.2) is 11.6 Å². The van der Waals surface area contributed by atoms with Crippen LogP contribution in [0.3, 0.4) is 0 Å². The quantitative estimate of drug-likeness (QED) is 0.577. The summed E-state index contributed by atoms with van der Waals surface area (Å²) in [5.74, 6) is 0.269. The van der Waals surface area contributed by atoms with Gasteiger partial charge in [0, 0.05) is 0 Å². The number of aliphatic hydroxyl groups excluding tert-OH is 1. The number of allylic oxidation sites excluding steroid dienone is 1. The van der Waals surface area contributed by atoms with Gasteiger partial charge in [-0.1, -0.05) is 25.5 Å². The van der Waals surface area contributed by atoms with Crippen LogP contribution in [-0.4, -0.2) is 28.1 Å². The smallest absolute Gasteiger partial charge is 0.317 e. The fraction of sp³-hybridized carbons (Fsp3) is 0.818. The first-order valence-corrected chi connectivity index (χ1v) is 10.3. The predicted octanol–water partition coefficient (Wildman–Crippen LogP) is 3.97. The Bertz CT molecular complexity index is 666. The number of ketones is 1. The Morgan fingerprint density at radius 2 is 1.77 bits per heavy atom. The Hall–Kier alpha value is -1.16. The molecule has 4 aliphatic carbocycles. The van der Waals surface area contributed by atoms with Crippen LogP contribution in [0.1, 0.15) is 72.1 Å². The number of carboxylic acids is 1. The second-order valence-corrected chi connectivity index (χ2v) is 9.92. The second-order valence-electron chi connectivity index (χ2n) is 9.92. The predicted molar refractivity (Wildman–Crippen MR) is 98.5 cm³/mol. The highest BCUT2D eigenvalue weighted by molar-refractivity contribution is 6.03. The molecular weight excluding hydrogens is 328 g/mol. The van der Waals surface area contributed by atoms with Crippen molar-refractivity contribution in [1.82, 2.24) is 0 Å². The van der Waals surface area contributed by atoms with Gasteiger partial charge in [-0.15, -0.1) is 0 Å². The highest BCUT2D eigenvalue weighted by atomic mass is 16.4. The normalized spacial score (nSPS) is 50.2. The molecule has 4 rings (SSSR count). The van der Waals surface area contributed by atoms with Crippen molar-refractivity contribution in [2.45, 2.75) is 78.2 Å². The summed E-state index contributed by atoms with van der Waals surface area (Å²) >= 11 is 0. The van der Waals surface area contributed by atoms with E-state index in [-0.39, 0.29) is 17.3 Å². The van der Waals surface area contributed by atoms with E-state index >= 15 is 0 Å². The van der Waals surface area contributed by atoms with Crippen LogP contribution in [0.5, 0.6) is 0 Å². The summed E-state index contributed by atoms with van der Waals surface area (Å²) in [5.41, 5.74) is -0.0539. The number of fused-ring (bicyclic) bond motifs is 5. The zero-order chi connectivity index (χ0) is 18.9. The van der Waals surface area contributed by atoms with Crippen LogP contribution in [0, 0.1) is 34.0 Å². The van der Waals surface area contributed by atoms with Crippen LogP contribution < -0.4 is 0 Å².